The molecule has 12 heteroatoms. The van der Waals surface area contributed by atoms with Crippen molar-refractivity contribution in [1.29, 1.82) is 0 Å². The summed E-state index contributed by atoms with van der Waals surface area (Å²) < 4.78 is 7.70. The van der Waals surface area contributed by atoms with Gasteiger partial charge in [0.15, 0.2) is 11.0 Å². The molecule has 1 heterocycles. The first-order valence-electron chi connectivity index (χ1n) is 9.46. The van der Waals surface area contributed by atoms with Crippen LogP contribution >= 0.6 is 35.0 Å². The Bertz CT molecular complexity index is 1160. The van der Waals surface area contributed by atoms with Crippen molar-refractivity contribution >= 4 is 52.2 Å². The highest BCUT2D eigenvalue weighted by molar-refractivity contribution is 7.99. The number of hydrogen-bond acceptors (Lipinski definition) is 7. The van der Waals surface area contributed by atoms with Gasteiger partial charge in [0.1, 0.15) is 17.4 Å². The molecule has 1 aromatic heterocycles. The predicted molar refractivity (Wildman–Crippen MR) is 124 cm³/mol. The van der Waals surface area contributed by atoms with Crippen LogP contribution in [0.15, 0.2) is 41.6 Å². The molecule has 32 heavy (non-hydrogen) atoms. The fraction of sp³-hybridized carbons (Fsp3) is 0.250. The van der Waals surface area contributed by atoms with Gasteiger partial charge >= 0.3 is 0 Å². The normalized spacial score (nSPS) is 10.8. The monoisotopic (exact) mass is 495 g/mol. The third-order valence-corrected chi connectivity index (χ3v) is 5.88. The Morgan fingerprint density at radius 2 is 2.03 bits per heavy atom. The molecule has 0 aliphatic carbocycles. The van der Waals surface area contributed by atoms with Crippen LogP contribution in [-0.2, 0) is 17.9 Å². The van der Waals surface area contributed by atoms with Gasteiger partial charge in [0.25, 0.3) is 5.69 Å². The Kier molecular flexibility index (Phi) is 7.94. The zero-order valence-corrected chi connectivity index (χ0v) is 19.5. The second-order valence-corrected chi connectivity index (χ2v) is 8.39. The average Bonchev–Trinajstić information content (AvgIpc) is 3.14. The highest BCUT2D eigenvalue weighted by Gasteiger charge is 2.16. The van der Waals surface area contributed by atoms with Crippen molar-refractivity contribution < 1.29 is 14.5 Å². The Labute approximate surface area is 198 Å². The first-order chi connectivity index (χ1) is 15.3. The minimum Gasteiger partial charge on any atom is -0.485 e. The number of aromatic nitrogens is 3. The van der Waals surface area contributed by atoms with E-state index >= 15 is 0 Å². The molecule has 3 rings (SSSR count). The van der Waals surface area contributed by atoms with Crippen molar-refractivity contribution in [3.8, 4) is 5.75 Å². The Morgan fingerprint density at radius 3 is 2.72 bits per heavy atom. The smallest absolute Gasteiger partial charge is 0.289 e. The van der Waals surface area contributed by atoms with Crippen LogP contribution in [0.5, 0.6) is 5.75 Å². The number of ether oxygens (including phenoxy) is 1. The molecule has 9 nitrogen and oxygen atoms in total. The number of anilines is 1. The summed E-state index contributed by atoms with van der Waals surface area (Å²) in [5.41, 5.74) is 0.924. The van der Waals surface area contributed by atoms with Crippen LogP contribution in [0.2, 0.25) is 10.0 Å². The number of nitrogens with one attached hydrogen (secondary N) is 1. The fourth-order valence-corrected chi connectivity index (χ4v) is 4.06. The maximum absolute atomic E-state index is 12.3. The highest BCUT2D eigenvalue weighted by atomic mass is 35.5. The van der Waals surface area contributed by atoms with Crippen molar-refractivity contribution in [1.82, 2.24) is 14.8 Å². The summed E-state index contributed by atoms with van der Waals surface area (Å²) in [5, 5.41) is 23.1. The number of carbonyl (C=O) groups excluding carboxylic acids is 1. The van der Waals surface area contributed by atoms with E-state index in [2.05, 4.69) is 15.5 Å². The quantitative estimate of drug-likeness (QED) is 0.248. The third-order valence-electron chi connectivity index (χ3n) is 4.36. The van der Waals surface area contributed by atoms with Crippen molar-refractivity contribution in [2.45, 2.75) is 32.2 Å². The summed E-state index contributed by atoms with van der Waals surface area (Å²) in [7, 11) is 0. The minimum atomic E-state index is -0.606. The molecule has 0 radical (unpaired) electrons. The van der Waals surface area contributed by atoms with Crippen LogP contribution in [0.4, 0.5) is 11.4 Å². The van der Waals surface area contributed by atoms with E-state index in [1.165, 1.54) is 30.0 Å². The van der Waals surface area contributed by atoms with E-state index in [9.17, 15) is 14.9 Å². The molecule has 0 unspecified atom stereocenters. The van der Waals surface area contributed by atoms with E-state index in [1.807, 2.05) is 24.5 Å². The largest absolute Gasteiger partial charge is 0.485 e. The zero-order valence-electron chi connectivity index (χ0n) is 17.2. The van der Waals surface area contributed by atoms with Crippen LogP contribution in [0.25, 0.3) is 0 Å². The number of amides is 1. The number of thioether (sulfide) groups is 1. The van der Waals surface area contributed by atoms with Gasteiger partial charge in [0.05, 0.1) is 10.7 Å². The molecular formula is C20H19Cl2N5O4S. The van der Waals surface area contributed by atoms with Gasteiger partial charge in [-0.15, -0.1) is 10.2 Å². The van der Waals surface area contributed by atoms with Gasteiger partial charge in [-0.2, -0.15) is 0 Å². The van der Waals surface area contributed by atoms with Gasteiger partial charge in [-0.1, -0.05) is 35.0 Å². The number of carbonyl (C=O) groups is 1. The van der Waals surface area contributed by atoms with E-state index in [4.69, 9.17) is 27.9 Å². The van der Waals surface area contributed by atoms with Gasteiger partial charge in [-0.3, -0.25) is 14.9 Å². The molecule has 0 spiro atoms. The van der Waals surface area contributed by atoms with Gasteiger partial charge in [0, 0.05) is 23.3 Å². The van der Waals surface area contributed by atoms with Crippen molar-refractivity contribution in [3.63, 3.8) is 0 Å². The fourth-order valence-electron chi connectivity index (χ4n) is 2.82. The molecule has 2 aromatic carbocycles. The zero-order chi connectivity index (χ0) is 23.3. The Hall–Kier alpha value is -2.82. The lowest BCUT2D eigenvalue weighted by molar-refractivity contribution is -0.384. The Balaban J connectivity index is 1.60. The van der Waals surface area contributed by atoms with Crippen molar-refractivity contribution in [2.24, 2.45) is 0 Å². The number of nitrogens with zero attached hydrogens (tertiary/aromatic N) is 4. The number of nitro benzene ring substituents is 1. The highest BCUT2D eigenvalue weighted by Crippen LogP contribution is 2.28. The summed E-state index contributed by atoms with van der Waals surface area (Å²) >= 11 is 13.0. The topological polar surface area (TPSA) is 112 Å². The van der Waals surface area contributed by atoms with Crippen LogP contribution in [0.3, 0.4) is 0 Å². The molecule has 3 aromatic rings. The number of rotatable bonds is 9. The molecule has 0 atom stereocenters. The third kappa shape index (κ3) is 5.90. The number of nitro groups is 1. The average molecular weight is 496 g/mol. The molecule has 1 amide bonds. The van der Waals surface area contributed by atoms with Crippen LogP contribution < -0.4 is 10.1 Å². The maximum atomic E-state index is 12.3. The van der Waals surface area contributed by atoms with Crippen molar-refractivity contribution in [3.05, 3.63) is 67.9 Å². The number of aryl methyl sites for hydroxylation is 1. The number of halogens is 2. The van der Waals surface area contributed by atoms with Gasteiger partial charge in [-0.05, 0) is 49.7 Å². The minimum absolute atomic E-state index is 0.00182. The summed E-state index contributed by atoms with van der Waals surface area (Å²) in [6, 6.07) is 9.45. The second kappa shape index (κ2) is 10.7. The van der Waals surface area contributed by atoms with Gasteiger partial charge in [-0.25, -0.2) is 0 Å². The van der Waals surface area contributed by atoms with E-state index in [0.717, 1.165) is 5.56 Å². The first-order valence-corrected chi connectivity index (χ1v) is 11.2. The van der Waals surface area contributed by atoms with E-state index < -0.39 is 4.92 Å². The predicted octanol–water partition coefficient (Wildman–Crippen LogP) is 5.13. The SMILES string of the molecule is CCn1c(COc2ccc(Cl)cc2C)nnc1SCC(=O)Nc1ccc(Cl)c([N+](=O)[O-])c1. The lowest BCUT2D eigenvalue weighted by Crippen LogP contribution is -2.15. The van der Waals surface area contributed by atoms with Crippen LogP contribution in [0, 0.1) is 17.0 Å². The lowest BCUT2D eigenvalue weighted by Gasteiger charge is -2.11. The molecule has 0 aliphatic rings. The van der Waals surface area contributed by atoms with E-state index in [-0.39, 0.29) is 34.7 Å². The number of benzene rings is 2. The molecule has 1 N–H and O–H groups in total. The molecular weight excluding hydrogens is 477 g/mol. The summed E-state index contributed by atoms with van der Waals surface area (Å²) in [6.45, 7) is 4.65. The summed E-state index contributed by atoms with van der Waals surface area (Å²) in [4.78, 5) is 22.7. The van der Waals surface area contributed by atoms with Crippen LogP contribution in [0.1, 0.15) is 18.3 Å². The molecule has 0 saturated carbocycles. The second-order valence-electron chi connectivity index (χ2n) is 6.60. The molecule has 0 aliphatic heterocycles. The van der Waals surface area contributed by atoms with Gasteiger partial charge in [0.2, 0.25) is 5.91 Å². The van der Waals surface area contributed by atoms with E-state index in [0.29, 0.717) is 28.3 Å². The van der Waals surface area contributed by atoms with Gasteiger partial charge < -0.3 is 14.6 Å². The van der Waals surface area contributed by atoms with Crippen molar-refractivity contribution in [2.75, 3.05) is 11.1 Å². The number of hydrogen-bond donors (Lipinski definition) is 1. The summed E-state index contributed by atoms with van der Waals surface area (Å²) in [6.07, 6.45) is 0. The van der Waals surface area contributed by atoms with E-state index in [1.54, 1.807) is 12.1 Å². The lowest BCUT2D eigenvalue weighted by atomic mass is 10.2. The Morgan fingerprint density at radius 1 is 1.25 bits per heavy atom. The molecule has 168 valence electrons. The standard InChI is InChI=1S/C20H19Cl2N5O4S/c1-3-26-18(10-31-17-7-4-13(21)8-12(17)2)24-25-20(26)32-11-19(28)23-14-5-6-15(22)16(9-14)27(29)30/h4-9H,3,10-11H2,1-2H3,(H,23,28). The van der Waals surface area contributed by atoms with Crippen LogP contribution in [-0.4, -0.2) is 31.3 Å². The molecule has 0 fully saturated rings. The molecule has 0 bridgehead atoms. The molecule has 0 saturated heterocycles. The maximum Gasteiger partial charge on any atom is 0.289 e. The summed E-state index contributed by atoms with van der Waals surface area (Å²) in [5.74, 6) is 1.03. The first kappa shape index (κ1) is 23.8.